The summed E-state index contributed by atoms with van der Waals surface area (Å²) in [6.07, 6.45) is 4.81. The van der Waals surface area contributed by atoms with Crippen molar-refractivity contribution < 1.29 is 19.1 Å². The summed E-state index contributed by atoms with van der Waals surface area (Å²) < 4.78 is 12.1. The fraction of sp³-hybridized carbons (Fsp3) is 0.286. The van der Waals surface area contributed by atoms with E-state index in [4.69, 9.17) is 21.1 Å². The maximum absolute atomic E-state index is 11.8. The van der Waals surface area contributed by atoms with E-state index >= 15 is 0 Å². The van der Waals surface area contributed by atoms with Gasteiger partial charge < -0.3 is 9.47 Å². The van der Waals surface area contributed by atoms with Crippen molar-refractivity contribution >= 4 is 34.5 Å². The molecular weight excluding hydrogens is 482 g/mol. The Morgan fingerprint density at radius 1 is 0.914 bits per heavy atom. The Kier molecular flexibility index (Phi) is 8.72. The highest BCUT2D eigenvalue weighted by atomic mass is 35.5. The van der Waals surface area contributed by atoms with Crippen LogP contribution in [-0.2, 0) is 17.6 Å². The number of ether oxygens (including phenoxy) is 2. The van der Waals surface area contributed by atoms with Gasteiger partial charge in [0.25, 0.3) is 5.24 Å². The third-order valence-electron chi connectivity index (χ3n) is 5.69. The van der Waals surface area contributed by atoms with Crippen LogP contribution in [0, 0.1) is 0 Å². The summed E-state index contributed by atoms with van der Waals surface area (Å²) in [5, 5.41) is 2.29. The van der Waals surface area contributed by atoms with Gasteiger partial charge in [0, 0.05) is 5.02 Å². The van der Waals surface area contributed by atoms with Crippen LogP contribution in [0.15, 0.2) is 66.7 Å². The minimum absolute atomic E-state index is 0.239. The highest BCUT2D eigenvalue weighted by Gasteiger charge is 2.32. The van der Waals surface area contributed by atoms with E-state index in [9.17, 15) is 9.59 Å². The van der Waals surface area contributed by atoms with Gasteiger partial charge in [0.2, 0.25) is 5.91 Å². The second kappa shape index (κ2) is 12.1. The molecule has 7 heteroatoms. The molecule has 3 aromatic carbocycles. The van der Waals surface area contributed by atoms with Crippen LogP contribution in [0.5, 0.6) is 17.2 Å². The van der Waals surface area contributed by atoms with Crippen LogP contribution in [-0.4, -0.2) is 17.8 Å². The highest BCUT2D eigenvalue weighted by Crippen LogP contribution is 2.34. The number of hydrogen-bond acceptors (Lipinski definition) is 5. The summed E-state index contributed by atoms with van der Waals surface area (Å²) in [6, 6.07) is 21.2. The van der Waals surface area contributed by atoms with Gasteiger partial charge in [-0.25, -0.2) is 0 Å². The number of aryl methyl sites for hydroxylation is 2. The number of halogens is 1. The van der Waals surface area contributed by atoms with Gasteiger partial charge in [-0.3, -0.25) is 14.9 Å². The van der Waals surface area contributed by atoms with Gasteiger partial charge in [0.1, 0.15) is 22.5 Å². The van der Waals surface area contributed by atoms with E-state index in [0.717, 1.165) is 72.2 Å². The SMILES string of the molecule is CCCc1cc(Oc2ccc(Cl)cc2)ccc1OCCCCc1ccc(C2SC(=O)NC2=O)cc1. The Morgan fingerprint density at radius 2 is 1.66 bits per heavy atom. The Bertz CT molecular complexity index is 1160. The molecule has 1 heterocycles. The lowest BCUT2D eigenvalue weighted by Crippen LogP contribution is -2.20. The van der Waals surface area contributed by atoms with Crippen LogP contribution in [0.3, 0.4) is 0 Å². The van der Waals surface area contributed by atoms with E-state index in [1.54, 1.807) is 0 Å². The van der Waals surface area contributed by atoms with Gasteiger partial charge in [0.05, 0.1) is 6.61 Å². The molecule has 0 saturated carbocycles. The smallest absolute Gasteiger partial charge is 0.286 e. The van der Waals surface area contributed by atoms with Crippen molar-refractivity contribution in [2.45, 2.75) is 44.3 Å². The molecule has 0 bridgehead atoms. The van der Waals surface area contributed by atoms with Crippen molar-refractivity contribution in [3.8, 4) is 17.2 Å². The van der Waals surface area contributed by atoms with Crippen molar-refractivity contribution in [2.24, 2.45) is 0 Å². The lowest BCUT2D eigenvalue weighted by atomic mass is 10.0. The predicted molar refractivity (Wildman–Crippen MR) is 141 cm³/mol. The van der Waals surface area contributed by atoms with Crippen LogP contribution in [0.4, 0.5) is 4.79 Å². The zero-order valence-corrected chi connectivity index (χ0v) is 21.2. The number of imide groups is 1. The van der Waals surface area contributed by atoms with E-state index in [1.807, 2.05) is 66.7 Å². The molecule has 0 aliphatic carbocycles. The number of carbonyl (C=O) groups is 2. The second-order valence-corrected chi connectivity index (χ2v) is 9.91. The fourth-order valence-electron chi connectivity index (χ4n) is 3.91. The molecule has 35 heavy (non-hydrogen) atoms. The quantitative estimate of drug-likeness (QED) is 0.271. The van der Waals surface area contributed by atoms with Crippen LogP contribution in [0.25, 0.3) is 0 Å². The molecule has 1 aliphatic rings. The second-order valence-electron chi connectivity index (χ2n) is 8.40. The van der Waals surface area contributed by atoms with E-state index in [0.29, 0.717) is 11.6 Å². The van der Waals surface area contributed by atoms with E-state index in [1.165, 1.54) is 5.56 Å². The van der Waals surface area contributed by atoms with Crippen LogP contribution < -0.4 is 14.8 Å². The first-order valence-electron chi connectivity index (χ1n) is 11.8. The monoisotopic (exact) mass is 509 g/mol. The summed E-state index contributed by atoms with van der Waals surface area (Å²) in [5.74, 6) is 2.19. The Balaban J connectivity index is 1.25. The molecule has 0 spiro atoms. The molecule has 1 aliphatic heterocycles. The van der Waals surface area contributed by atoms with Crippen molar-refractivity contribution in [2.75, 3.05) is 6.61 Å². The number of nitrogens with one attached hydrogen (secondary N) is 1. The van der Waals surface area contributed by atoms with Crippen molar-refractivity contribution in [3.05, 3.63) is 88.4 Å². The molecular formula is C28H28ClNO4S. The van der Waals surface area contributed by atoms with Crippen molar-refractivity contribution in [3.63, 3.8) is 0 Å². The maximum atomic E-state index is 11.8. The minimum atomic E-state index is -0.440. The van der Waals surface area contributed by atoms with Gasteiger partial charge in [0.15, 0.2) is 0 Å². The summed E-state index contributed by atoms with van der Waals surface area (Å²) in [5.41, 5.74) is 3.21. The topological polar surface area (TPSA) is 64.6 Å². The van der Waals surface area contributed by atoms with Crippen LogP contribution in [0.1, 0.15) is 48.1 Å². The molecule has 0 radical (unpaired) electrons. The van der Waals surface area contributed by atoms with E-state index < -0.39 is 5.25 Å². The lowest BCUT2D eigenvalue weighted by molar-refractivity contribution is -0.119. The average molecular weight is 510 g/mol. The number of rotatable bonds is 11. The average Bonchev–Trinajstić information content (AvgIpc) is 3.20. The Labute approximate surface area is 215 Å². The first-order chi connectivity index (χ1) is 17.0. The predicted octanol–water partition coefficient (Wildman–Crippen LogP) is 7.51. The minimum Gasteiger partial charge on any atom is -0.493 e. The number of carbonyl (C=O) groups excluding carboxylic acids is 2. The largest absolute Gasteiger partial charge is 0.493 e. The van der Waals surface area contributed by atoms with E-state index in [-0.39, 0.29) is 11.1 Å². The van der Waals surface area contributed by atoms with Crippen molar-refractivity contribution in [1.29, 1.82) is 0 Å². The first-order valence-corrected chi connectivity index (χ1v) is 13.1. The van der Waals surface area contributed by atoms with Crippen molar-refractivity contribution in [1.82, 2.24) is 5.32 Å². The number of unbranched alkanes of at least 4 members (excludes halogenated alkanes) is 1. The Morgan fingerprint density at radius 3 is 2.34 bits per heavy atom. The normalized spacial score (nSPS) is 15.2. The molecule has 1 unspecified atom stereocenters. The highest BCUT2D eigenvalue weighted by molar-refractivity contribution is 8.15. The molecule has 5 nitrogen and oxygen atoms in total. The maximum Gasteiger partial charge on any atom is 0.286 e. The molecule has 1 fully saturated rings. The molecule has 0 aromatic heterocycles. The Hall–Kier alpha value is -2.96. The molecule has 1 N–H and O–H groups in total. The standard InChI is InChI=1S/C28H28ClNO4S/c1-2-5-21-18-24(34-23-13-11-22(29)12-14-23)15-16-25(21)33-17-4-3-6-19-7-9-20(10-8-19)26-27(31)30-28(32)35-26/h7-16,18,26H,2-6,17H2,1H3,(H,30,31,32). The third-order valence-corrected chi connectivity index (χ3v) is 6.98. The number of benzene rings is 3. The molecule has 1 saturated heterocycles. The van der Waals surface area contributed by atoms with Gasteiger partial charge in [-0.2, -0.15) is 0 Å². The lowest BCUT2D eigenvalue weighted by Gasteiger charge is -2.14. The van der Waals surface area contributed by atoms with Crippen LogP contribution >= 0.6 is 23.4 Å². The summed E-state index contributed by atoms with van der Waals surface area (Å²) in [4.78, 5) is 23.2. The molecule has 2 amide bonds. The zero-order valence-electron chi connectivity index (χ0n) is 19.6. The van der Waals surface area contributed by atoms with Gasteiger partial charge in [-0.15, -0.1) is 0 Å². The summed E-state index contributed by atoms with van der Waals surface area (Å²) >= 11 is 6.98. The van der Waals surface area contributed by atoms with Gasteiger partial charge in [-0.1, -0.05) is 49.2 Å². The first kappa shape index (κ1) is 25.1. The number of thioether (sulfide) groups is 1. The molecule has 182 valence electrons. The molecule has 3 aromatic rings. The third kappa shape index (κ3) is 7.03. The summed E-state index contributed by atoms with van der Waals surface area (Å²) in [7, 11) is 0. The van der Waals surface area contributed by atoms with Crippen LogP contribution in [0.2, 0.25) is 5.02 Å². The van der Waals surface area contributed by atoms with E-state index in [2.05, 4.69) is 12.2 Å². The molecule has 1 atom stereocenters. The van der Waals surface area contributed by atoms with Gasteiger partial charge in [-0.05, 0) is 96.6 Å². The summed E-state index contributed by atoms with van der Waals surface area (Å²) in [6.45, 7) is 2.80. The zero-order chi connectivity index (χ0) is 24.6. The fourth-order valence-corrected chi connectivity index (χ4v) is 4.87. The van der Waals surface area contributed by atoms with Gasteiger partial charge >= 0.3 is 0 Å². The molecule has 4 rings (SSSR count). The number of hydrogen-bond donors (Lipinski definition) is 1. The number of amides is 2.